The largest absolute Gasteiger partial charge is 0.365 e. The fourth-order valence-electron chi connectivity index (χ4n) is 6.19. The first-order valence-electron chi connectivity index (χ1n) is 15.1. The van der Waals surface area contributed by atoms with Crippen LogP contribution in [0.3, 0.4) is 0 Å². The number of aromatic nitrogens is 6. The third-order valence-corrected chi connectivity index (χ3v) is 9.85. The highest BCUT2D eigenvalue weighted by atomic mass is 32.1. The molecule has 1 aliphatic heterocycles. The van der Waals surface area contributed by atoms with Crippen molar-refractivity contribution in [2.24, 2.45) is 5.92 Å². The van der Waals surface area contributed by atoms with E-state index in [0.717, 1.165) is 69.9 Å². The molecule has 0 amide bonds. The highest BCUT2D eigenvalue weighted by Gasteiger charge is 2.28. The number of hydrogen-bond acceptors (Lipinski definition) is 10. The molecule has 7 rings (SSSR count). The lowest BCUT2D eigenvalue weighted by molar-refractivity contribution is 0.0409. The number of fused-ring (bicyclic) bond motifs is 1. The van der Waals surface area contributed by atoms with Crippen molar-refractivity contribution >= 4 is 34.2 Å². The number of nitrogens with zero attached hydrogens (tertiary/aromatic N) is 8. The van der Waals surface area contributed by atoms with Gasteiger partial charge in [0.15, 0.2) is 0 Å². The summed E-state index contributed by atoms with van der Waals surface area (Å²) >= 11 is 1.50. The van der Waals surface area contributed by atoms with Crippen molar-refractivity contribution in [2.75, 3.05) is 31.1 Å². The van der Waals surface area contributed by atoms with Gasteiger partial charge in [0.2, 0.25) is 0 Å². The number of carbonyl (C=O) groups excluding carboxylic acids is 1. The summed E-state index contributed by atoms with van der Waals surface area (Å²) in [5, 5.41) is 18.3. The van der Waals surface area contributed by atoms with Gasteiger partial charge >= 0.3 is 5.97 Å². The standard InChI is InChI=1S/C32H34N8O2S/c1-2-22-7-14-26(15-8-22)38-17-19-39(20-18-38)29-16-13-25(21-33-29)31-36-35-30(43-31)23-9-11-24(12-10-23)32(41)42-40-28-6-4-3-5-27(28)34-37-40/h3-6,9-13,16,21-22,26H,2,7-8,14-15,17-20H2,1H3/t22-,26-. The zero-order valence-corrected chi connectivity index (χ0v) is 25.0. The molecule has 4 heterocycles. The van der Waals surface area contributed by atoms with Crippen LogP contribution >= 0.6 is 11.3 Å². The molecule has 1 saturated carbocycles. The molecule has 0 spiro atoms. The average Bonchev–Trinajstić information content (AvgIpc) is 3.73. The van der Waals surface area contributed by atoms with Crippen LogP contribution in [0, 0.1) is 5.92 Å². The van der Waals surface area contributed by atoms with Crippen LogP contribution in [0.5, 0.6) is 0 Å². The number of hydrogen-bond donors (Lipinski definition) is 0. The lowest BCUT2D eigenvalue weighted by Gasteiger charge is -2.42. The maximum Gasteiger partial charge on any atom is 0.365 e. The number of carbonyl (C=O) groups is 1. The molecule has 0 radical (unpaired) electrons. The van der Waals surface area contributed by atoms with Crippen molar-refractivity contribution in [1.29, 1.82) is 0 Å². The Labute approximate surface area is 254 Å². The van der Waals surface area contributed by atoms with E-state index in [-0.39, 0.29) is 0 Å². The van der Waals surface area contributed by atoms with Crippen molar-refractivity contribution in [1.82, 2.24) is 35.2 Å². The smallest absolute Gasteiger partial charge is 0.354 e. The van der Waals surface area contributed by atoms with Gasteiger partial charge in [-0.05, 0) is 73.2 Å². The monoisotopic (exact) mass is 594 g/mol. The normalized spacial score (nSPS) is 19.5. The molecule has 0 bridgehead atoms. The zero-order chi connectivity index (χ0) is 29.2. The summed E-state index contributed by atoms with van der Waals surface area (Å²) in [6.07, 6.45) is 8.71. The van der Waals surface area contributed by atoms with E-state index in [1.807, 2.05) is 36.5 Å². The fourth-order valence-corrected chi connectivity index (χ4v) is 7.02. The van der Waals surface area contributed by atoms with E-state index in [1.54, 1.807) is 18.2 Å². The second-order valence-corrected chi connectivity index (χ2v) is 12.3. The van der Waals surface area contributed by atoms with E-state index in [2.05, 4.69) is 49.4 Å². The molecule has 2 aliphatic rings. The Hall–Kier alpha value is -4.22. The first-order chi connectivity index (χ1) is 21.1. The van der Waals surface area contributed by atoms with Gasteiger partial charge in [-0.2, -0.15) is 0 Å². The van der Waals surface area contributed by atoms with Gasteiger partial charge in [-0.3, -0.25) is 4.90 Å². The lowest BCUT2D eigenvalue weighted by Crippen LogP contribution is -2.51. The highest BCUT2D eigenvalue weighted by molar-refractivity contribution is 7.17. The van der Waals surface area contributed by atoms with E-state index >= 15 is 0 Å². The Morgan fingerprint density at radius 3 is 2.30 bits per heavy atom. The average molecular weight is 595 g/mol. The number of piperazine rings is 1. The molecule has 2 fully saturated rings. The van der Waals surface area contributed by atoms with Crippen molar-refractivity contribution in [2.45, 2.75) is 45.1 Å². The van der Waals surface area contributed by atoms with Crippen LogP contribution in [-0.2, 0) is 0 Å². The molecule has 2 aromatic carbocycles. The predicted molar refractivity (Wildman–Crippen MR) is 167 cm³/mol. The molecule has 0 unspecified atom stereocenters. The number of anilines is 1. The maximum absolute atomic E-state index is 12.7. The zero-order valence-electron chi connectivity index (χ0n) is 24.2. The highest BCUT2D eigenvalue weighted by Crippen LogP contribution is 2.32. The molecule has 43 heavy (non-hydrogen) atoms. The van der Waals surface area contributed by atoms with Crippen molar-refractivity contribution in [3.8, 4) is 21.1 Å². The van der Waals surface area contributed by atoms with Crippen LogP contribution < -0.4 is 9.74 Å². The van der Waals surface area contributed by atoms with Gasteiger partial charge in [-0.1, -0.05) is 53.8 Å². The summed E-state index contributed by atoms with van der Waals surface area (Å²) in [6.45, 7) is 6.58. The topological polar surface area (TPSA) is 102 Å². The Kier molecular flexibility index (Phi) is 7.82. The van der Waals surface area contributed by atoms with Gasteiger partial charge in [0.25, 0.3) is 0 Å². The first-order valence-corrected chi connectivity index (χ1v) is 15.9. The summed E-state index contributed by atoms with van der Waals surface area (Å²) in [5.74, 6) is 1.44. The van der Waals surface area contributed by atoms with Gasteiger partial charge in [-0.15, -0.1) is 15.3 Å². The van der Waals surface area contributed by atoms with E-state index in [1.165, 1.54) is 43.4 Å². The van der Waals surface area contributed by atoms with E-state index in [4.69, 9.17) is 9.82 Å². The van der Waals surface area contributed by atoms with E-state index in [0.29, 0.717) is 16.6 Å². The van der Waals surface area contributed by atoms with Crippen LogP contribution in [0.15, 0.2) is 66.9 Å². The first kappa shape index (κ1) is 27.6. The molecular formula is C32H34N8O2S. The van der Waals surface area contributed by atoms with Crippen molar-refractivity contribution in [3.63, 3.8) is 0 Å². The van der Waals surface area contributed by atoms with Gasteiger partial charge in [0, 0.05) is 49.5 Å². The van der Waals surface area contributed by atoms with Crippen LogP contribution in [0.25, 0.3) is 32.2 Å². The van der Waals surface area contributed by atoms with Crippen LogP contribution in [0.4, 0.5) is 5.82 Å². The van der Waals surface area contributed by atoms with E-state index < -0.39 is 5.97 Å². The second kappa shape index (κ2) is 12.2. The minimum Gasteiger partial charge on any atom is -0.354 e. The number of pyridine rings is 1. The fraction of sp³-hybridized carbons (Fsp3) is 0.375. The van der Waals surface area contributed by atoms with Gasteiger partial charge < -0.3 is 9.74 Å². The molecule has 11 heteroatoms. The van der Waals surface area contributed by atoms with Crippen molar-refractivity contribution < 1.29 is 9.63 Å². The summed E-state index contributed by atoms with van der Waals surface area (Å²) in [5.41, 5.74) is 3.49. The SMILES string of the molecule is CC[C@H]1CC[C@H](N2CCN(c3ccc(-c4nnc(-c5ccc(C(=O)On6nnc7ccccc76)cc5)s4)cn3)CC2)CC1. The molecule has 0 N–H and O–H groups in total. The second-order valence-electron chi connectivity index (χ2n) is 11.3. The minimum atomic E-state index is -0.521. The van der Waals surface area contributed by atoms with Gasteiger partial charge in [0.1, 0.15) is 26.9 Å². The van der Waals surface area contributed by atoms with E-state index in [9.17, 15) is 4.79 Å². The molecule has 0 atom stereocenters. The Balaban J connectivity index is 0.952. The van der Waals surface area contributed by atoms with Gasteiger partial charge in [-0.25, -0.2) is 9.78 Å². The van der Waals surface area contributed by atoms with Crippen LogP contribution in [0.1, 0.15) is 49.4 Å². The summed E-state index contributed by atoms with van der Waals surface area (Å²) in [4.78, 5) is 29.1. The molecule has 1 saturated heterocycles. The predicted octanol–water partition coefficient (Wildman–Crippen LogP) is 5.37. The Bertz CT molecular complexity index is 1680. The number of rotatable bonds is 7. The quantitative estimate of drug-likeness (QED) is 0.230. The van der Waals surface area contributed by atoms with Gasteiger partial charge in [0.05, 0.1) is 5.56 Å². The number of benzene rings is 2. The molecule has 220 valence electrons. The molecular weight excluding hydrogens is 560 g/mol. The maximum atomic E-state index is 12.7. The summed E-state index contributed by atoms with van der Waals surface area (Å²) in [7, 11) is 0. The third-order valence-electron chi connectivity index (χ3n) is 8.83. The lowest BCUT2D eigenvalue weighted by atomic mass is 9.84. The summed E-state index contributed by atoms with van der Waals surface area (Å²) in [6, 6.07) is 19.3. The third kappa shape index (κ3) is 5.87. The minimum absolute atomic E-state index is 0.401. The number of para-hydroxylation sites is 1. The van der Waals surface area contributed by atoms with Crippen LogP contribution in [-0.4, -0.2) is 73.4 Å². The Morgan fingerprint density at radius 2 is 1.58 bits per heavy atom. The molecule has 10 nitrogen and oxygen atoms in total. The molecule has 1 aliphatic carbocycles. The summed E-state index contributed by atoms with van der Waals surface area (Å²) < 4.78 is 0. The Morgan fingerprint density at radius 1 is 0.860 bits per heavy atom. The molecule has 5 aromatic rings. The van der Waals surface area contributed by atoms with Crippen molar-refractivity contribution in [3.05, 3.63) is 72.4 Å². The molecule has 3 aromatic heterocycles. The van der Waals surface area contributed by atoms with Crippen LogP contribution in [0.2, 0.25) is 0 Å².